The largest absolute Gasteiger partial charge is 0.465 e. The number of hydrogen-bond donors (Lipinski definition) is 2. The smallest absolute Gasteiger partial charge is 0.409 e. The predicted molar refractivity (Wildman–Crippen MR) is 36.1 cm³/mol. The summed E-state index contributed by atoms with van der Waals surface area (Å²) in [5.41, 5.74) is -0.317. The van der Waals surface area contributed by atoms with Crippen LogP contribution in [0.2, 0.25) is 0 Å². The molecule has 0 aliphatic rings. The van der Waals surface area contributed by atoms with E-state index in [1.165, 1.54) is 0 Å². The highest BCUT2D eigenvalue weighted by molar-refractivity contribution is 7.10. The summed E-state index contributed by atoms with van der Waals surface area (Å²) in [5.74, 6) is -0.826. The summed E-state index contributed by atoms with van der Waals surface area (Å²) in [5, 5.41) is 9.77. The summed E-state index contributed by atoms with van der Waals surface area (Å²) in [6.07, 6.45) is -1.35. The van der Waals surface area contributed by atoms with Crippen LogP contribution in [0.4, 0.5) is 4.79 Å². The fourth-order valence-electron chi connectivity index (χ4n) is 0.251. The molecule has 0 saturated heterocycles. The number of carboxylic acid groups (broad SMARTS) is 1. The highest BCUT2D eigenvalue weighted by atomic mass is 31.0. The molecule has 0 aromatic rings. The molecular weight excluding hydrogens is 157 g/mol. The second kappa shape index (κ2) is 3.85. The third kappa shape index (κ3) is 3.04. The van der Waals surface area contributed by atoms with Crippen LogP contribution < -0.4 is 5.32 Å². The first-order valence-corrected chi connectivity index (χ1v) is 2.65. The van der Waals surface area contributed by atoms with Gasteiger partial charge in [-0.1, -0.05) is 6.58 Å². The molecule has 0 rings (SSSR count). The summed E-state index contributed by atoms with van der Waals surface area (Å²) in [4.78, 5) is 20.2. The quantitative estimate of drug-likeness (QED) is 0.447. The van der Waals surface area contributed by atoms with Gasteiger partial charge in [0.15, 0.2) is 0 Å². The SMILES string of the molecule is C=C(NC(=O)O)C(=O)OP. The van der Waals surface area contributed by atoms with E-state index in [2.05, 4.69) is 11.1 Å². The van der Waals surface area contributed by atoms with Gasteiger partial charge in [-0.05, 0) is 0 Å². The highest BCUT2D eigenvalue weighted by Gasteiger charge is 2.07. The van der Waals surface area contributed by atoms with E-state index in [1.807, 2.05) is 0 Å². The molecule has 0 aromatic carbocycles. The van der Waals surface area contributed by atoms with Crippen LogP contribution in [0.25, 0.3) is 0 Å². The minimum absolute atomic E-state index is 0.317. The summed E-state index contributed by atoms with van der Waals surface area (Å²) in [7, 11) is 1.68. The van der Waals surface area contributed by atoms with Crippen molar-refractivity contribution in [3.8, 4) is 0 Å². The molecule has 5 nitrogen and oxygen atoms in total. The van der Waals surface area contributed by atoms with Gasteiger partial charge in [-0.15, -0.1) is 0 Å². The lowest BCUT2D eigenvalue weighted by Crippen LogP contribution is -2.24. The van der Waals surface area contributed by atoms with E-state index in [1.54, 1.807) is 14.8 Å². The lowest BCUT2D eigenvalue weighted by Gasteiger charge is -1.99. The van der Waals surface area contributed by atoms with E-state index in [4.69, 9.17) is 5.11 Å². The topological polar surface area (TPSA) is 75.6 Å². The van der Waals surface area contributed by atoms with Gasteiger partial charge in [-0.3, -0.25) is 5.32 Å². The van der Waals surface area contributed by atoms with Crippen LogP contribution in [-0.4, -0.2) is 17.2 Å². The third-order valence-corrected chi connectivity index (χ3v) is 0.825. The summed E-state index contributed by atoms with van der Waals surface area (Å²) in [6.45, 7) is 3.09. The Morgan fingerprint density at radius 3 is 2.40 bits per heavy atom. The lowest BCUT2D eigenvalue weighted by atomic mass is 10.5. The van der Waals surface area contributed by atoms with E-state index < -0.39 is 12.1 Å². The fraction of sp³-hybridized carbons (Fsp3) is 0. The maximum absolute atomic E-state index is 10.4. The van der Waals surface area contributed by atoms with Gasteiger partial charge in [0.1, 0.15) is 5.70 Å². The number of nitrogens with one attached hydrogen (secondary N) is 1. The van der Waals surface area contributed by atoms with Crippen LogP contribution >= 0.6 is 9.47 Å². The van der Waals surface area contributed by atoms with E-state index in [-0.39, 0.29) is 5.70 Å². The van der Waals surface area contributed by atoms with Crippen molar-refractivity contribution in [2.24, 2.45) is 0 Å². The van der Waals surface area contributed by atoms with Crippen molar-refractivity contribution in [2.45, 2.75) is 0 Å². The third-order valence-electron chi connectivity index (χ3n) is 0.611. The monoisotopic (exact) mass is 163 g/mol. The van der Waals surface area contributed by atoms with E-state index >= 15 is 0 Å². The standard InChI is InChI=1S/C4H6NO4P/c1-2(3(6)9-10)5-4(7)8/h5H,1,10H2,(H,7,8). The van der Waals surface area contributed by atoms with E-state index in [9.17, 15) is 9.59 Å². The van der Waals surface area contributed by atoms with Crippen molar-refractivity contribution in [3.05, 3.63) is 12.3 Å². The highest BCUT2D eigenvalue weighted by Crippen LogP contribution is 1.93. The average Bonchev–Trinajstić information content (AvgIpc) is 1.85. The molecule has 0 fully saturated rings. The Kier molecular flexibility index (Phi) is 3.43. The average molecular weight is 163 g/mol. The number of amides is 1. The van der Waals surface area contributed by atoms with E-state index in [0.29, 0.717) is 0 Å². The van der Waals surface area contributed by atoms with Gasteiger partial charge in [0.25, 0.3) is 0 Å². The molecule has 0 spiro atoms. The second-order valence-electron chi connectivity index (χ2n) is 1.31. The second-order valence-corrected chi connectivity index (χ2v) is 1.55. The Bertz CT molecular complexity index is 178. The van der Waals surface area contributed by atoms with Gasteiger partial charge in [0.05, 0.1) is 9.47 Å². The molecule has 2 N–H and O–H groups in total. The van der Waals surface area contributed by atoms with Crippen LogP contribution in [-0.2, 0) is 9.32 Å². The van der Waals surface area contributed by atoms with Crippen molar-refractivity contribution in [1.29, 1.82) is 0 Å². The number of carbonyl (C=O) groups excluding carboxylic acids is 1. The van der Waals surface area contributed by atoms with Crippen LogP contribution in [0.3, 0.4) is 0 Å². The van der Waals surface area contributed by atoms with Gasteiger partial charge in [0.2, 0.25) is 0 Å². The summed E-state index contributed by atoms with van der Waals surface area (Å²) in [6, 6.07) is 0. The first-order chi connectivity index (χ1) is 4.57. The molecule has 0 heterocycles. The molecule has 0 aromatic heterocycles. The van der Waals surface area contributed by atoms with Crippen molar-refractivity contribution in [2.75, 3.05) is 0 Å². The minimum atomic E-state index is -1.35. The van der Waals surface area contributed by atoms with Crippen LogP contribution in [0.5, 0.6) is 0 Å². The maximum Gasteiger partial charge on any atom is 0.409 e. The van der Waals surface area contributed by atoms with Gasteiger partial charge in [-0.25, -0.2) is 9.59 Å². The molecule has 10 heavy (non-hydrogen) atoms. The van der Waals surface area contributed by atoms with Gasteiger partial charge < -0.3 is 9.63 Å². The number of hydrogen-bond acceptors (Lipinski definition) is 3. The molecule has 0 aliphatic carbocycles. The Labute approximate surface area is 59.3 Å². The maximum atomic E-state index is 10.4. The zero-order valence-electron chi connectivity index (χ0n) is 4.96. The number of carbonyl (C=O) groups is 2. The van der Waals surface area contributed by atoms with Crippen LogP contribution in [0.15, 0.2) is 12.3 Å². The number of rotatable bonds is 2. The van der Waals surface area contributed by atoms with E-state index in [0.717, 1.165) is 0 Å². The van der Waals surface area contributed by atoms with Crippen molar-refractivity contribution in [1.82, 2.24) is 5.32 Å². The zero-order chi connectivity index (χ0) is 8.15. The molecular formula is C4H6NO4P. The van der Waals surface area contributed by atoms with Gasteiger partial charge in [-0.2, -0.15) is 0 Å². The molecule has 1 unspecified atom stereocenters. The molecule has 0 aliphatic heterocycles. The van der Waals surface area contributed by atoms with Gasteiger partial charge in [0, 0.05) is 0 Å². The Morgan fingerprint density at radius 1 is 1.60 bits per heavy atom. The molecule has 0 saturated carbocycles. The minimum Gasteiger partial charge on any atom is -0.465 e. The Hall–Kier alpha value is -1.09. The first kappa shape index (κ1) is 8.91. The summed E-state index contributed by atoms with van der Waals surface area (Å²) >= 11 is 0. The van der Waals surface area contributed by atoms with Gasteiger partial charge >= 0.3 is 12.1 Å². The van der Waals surface area contributed by atoms with Crippen molar-refractivity contribution < 1.29 is 19.2 Å². The molecule has 6 heteroatoms. The Balaban J connectivity index is 3.86. The molecule has 0 bridgehead atoms. The molecule has 1 atom stereocenters. The van der Waals surface area contributed by atoms with Crippen LogP contribution in [0.1, 0.15) is 0 Å². The fourth-order valence-corrected chi connectivity index (χ4v) is 0.393. The molecule has 0 radical (unpaired) electrons. The molecule has 1 amide bonds. The van der Waals surface area contributed by atoms with Crippen molar-refractivity contribution in [3.63, 3.8) is 0 Å². The normalized spacial score (nSPS) is 8.10. The lowest BCUT2D eigenvalue weighted by molar-refractivity contribution is -0.129. The Morgan fingerprint density at radius 2 is 2.10 bits per heavy atom. The summed E-state index contributed by atoms with van der Waals surface area (Å²) < 4.78 is 4.07. The predicted octanol–water partition coefficient (Wildman–Crippen LogP) is 0.101. The molecule has 56 valence electrons. The van der Waals surface area contributed by atoms with Crippen molar-refractivity contribution >= 4 is 21.5 Å². The zero-order valence-corrected chi connectivity index (χ0v) is 6.11. The first-order valence-electron chi connectivity index (χ1n) is 2.18. The van der Waals surface area contributed by atoms with Crippen LogP contribution in [0, 0.1) is 0 Å².